The number of nitrogens with two attached hydrogens (primary N) is 1. The summed E-state index contributed by atoms with van der Waals surface area (Å²) in [4.78, 5) is 19.7. The van der Waals surface area contributed by atoms with E-state index < -0.39 is 0 Å². The molecule has 0 aliphatic carbocycles. The van der Waals surface area contributed by atoms with Gasteiger partial charge in [0.05, 0.1) is 16.3 Å². The van der Waals surface area contributed by atoms with Gasteiger partial charge < -0.3 is 10.6 Å². The third kappa shape index (κ3) is 3.91. The normalized spacial score (nSPS) is 9.86. The molecule has 0 aliphatic heterocycles. The Morgan fingerprint density at radius 1 is 1.43 bits per heavy atom. The topological polar surface area (TPSA) is 59.2 Å². The molecule has 2 N–H and O–H groups in total. The Bertz CT molecular complexity index is 683. The first kappa shape index (κ1) is 15.2. The Labute approximate surface area is 128 Å². The lowest BCUT2D eigenvalue weighted by Gasteiger charge is -2.16. The van der Waals surface area contributed by atoms with Gasteiger partial charge >= 0.3 is 0 Å². The first-order valence-corrected chi connectivity index (χ1v) is 7.37. The first-order valence-electron chi connectivity index (χ1n) is 6.55. The van der Waals surface area contributed by atoms with Crippen LogP contribution in [0.15, 0.2) is 30.6 Å². The Morgan fingerprint density at radius 2 is 2.14 bits per heavy atom. The summed E-state index contributed by atoms with van der Waals surface area (Å²) in [6.45, 7) is 2.83. The van der Waals surface area contributed by atoms with Crippen molar-refractivity contribution in [3.05, 3.63) is 51.5 Å². The Balaban J connectivity index is 2.12. The highest BCUT2D eigenvalue weighted by atomic mass is 32.1. The lowest BCUT2D eigenvalue weighted by atomic mass is 10.2. The van der Waals surface area contributed by atoms with E-state index in [2.05, 4.69) is 16.8 Å². The monoisotopic (exact) mass is 299 g/mol. The zero-order valence-corrected chi connectivity index (χ0v) is 12.9. The standard InChI is InChI=1S/C16H17N3OS/c1-12-10-15(21-14(12)4-3-7-17)16(20)19(2)11-13-5-8-18-9-6-13/h5-6,8-10H,7,11,17H2,1-2H3. The predicted octanol–water partition coefficient (Wildman–Crippen LogP) is 2.03. The van der Waals surface area contributed by atoms with E-state index in [1.54, 1.807) is 24.3 Å². The van der Waals surface area contributed by atoms with Gasteiger partial charge in [-0.3, -0.25) is 9.78 Å². The van der Waals surface area contributed by atoms with Crippen molar-refractivity contribution in [2.75, 3.05) is 13.6 Å². The van der Waals surface area contributed by atoms with Crippen LogP contribution in [-0.4, -0.2) is 29.4 Å². The number of amides is 1. The van der Waals surface area contributed by atoms with Crippen molar-refractivity contribution in [3.8, 4) is 11.8 Å². The third-order valence-corrected chi connectivity index (χ3v) is 4.09. The third-order valence-electron chi connectivity index (χ3n) is 2.95. The van der Waals surface area contributed by atoms with Gasteiger partial charge in [0.2, 0.25) is 0 Å². The van der Waals surface area contributed by atoms with E-state index in [9.17, 15) is 4.79 Å². The van der Waals surface area contributed by atoms with Crippen LogP contribution in [0.25, 0.3) is 0 Å². The van der Waals surface area contributed by atoms with Crippen LogP contribution in [0.3, 0.4) is 0 Å². The fraction of sp³-hybridized carbons (Fsp3) is 0.250. The molecule has 0 spiro atoms. The summed E-state index contributed by atoms with van der Waals surface area (Å²) in [5, 5.41) is 0. The second-order valence-corrected chi connectivity index (χ2v) is 5.70. The molecule has 4 nitrogen and oxygen atoms in total. The SMILES string of the molecule is Cc1cc(C(=O)N(C)Cc2ccncc2)sc1C#CCN. The van der Waals surface area contributed by atoms with E-state index in [4.69, 9.17) is 5.73 Å². The van der Waals surface area contributed by atoms with Crippen LogP contribution in [0.5, 0.6) is 0 Å². The summed E-state index contributed by atoms with van der Waals surface area (Å²) in [5.74, 6) is 5.82. The van der Waals surface area contributed by atoms with Gasteiger partial charge in [-0.05, 0) is 36.2 Å². The highest BCUT2D eigenvalue weighted by Crippen LogP contribution is 2.22. The highest BCUT2D eigenvalue weighted by Gasteiger charge is 2.16. The van der Waals surface area contributed by atoms with Gasteiger partial charge in [-0.15, -0.1) is 11.3 Å². The molecule has 0 saturated carbocycles. The molecule has 2 heterocycles. The van der Waals surface area contributed by atoms with Gasteiger partial charge in [0.15, 0.2) is 0 Å². The summed E-state index contributed by atoms with van der Waals surface area (Å²) in [6, 6.07) is 5.69. The number of aromatic nitrogens is 1. The second-order valence-electron chi connectivity index (χ2n) is 4.65. The molecule has 0 saturated heterocycles. The van der Waals surface area contributed by atoms with Crippen molar-refractivity contribution in [1.29, 1.82) is 0 Å². The molecule has 2 aromatic rings. The fourth-order valence-corrected chi connectivity index (χ4v) is 2.91. The van der Waals surface area contributed by atoms with Gasteiger partial charge in [-0.2, -0.15) is 0 Å². The van der Waals surface area contributed by atoms with E-state index >= 15 is 0 Å². The summed E-state index contributed by atoms with van der Waals surface area (Å²) < 4.78 is 0. The van der Waals surface area contributed by atoms with Gasteiger partial charge in [-0.25, -0.2) is 0 Å². The van der Waals surface area contributed by atoms with Crippen molar-refractivity contribution in [1.82, 2.24) is 9.88 Å². The quantitative estimate of drug-likeness (QED) is 0.882. The molecule has 0 aliphatic rings. The molecule has 0 fully saturated rings. The molecule has 5 heteroatoms. The van der Waals surface area contributed by atoms with Crippen LogP contribution in [0, 0.1) is 18.8 Å². The average Bonchev–Trinajstić information content (AvgIpc) is 2.86. The lowest BCUT2D eigenvalue weighted by molar-refractivity contribution is 0.0790. The number of hydrogen-bond acceptors (Lipinski definition) is 4. The maximum atomic E-state index is 12.4. The Morgan fingerprint density at radius 3 is 2.81 bits per heavy atom. The Kier molecular flexibility index (Phi) is 5.09. The van der Waals surface area contributed by atoms with Crippen LogP contribution in [0.2, 0.25) is 0 Å². The maximum absolute atomic E-state index is 12.4. The van der Waals surface area contributed by atoms with Gasteiger partial charge in [-0.1, -0.05) is 11.8 Å². The molecule has 0 unspecified atom stereocenters. The molecular formula is C16H17N3OS. The average molecular weight is 299 g/mol. The van der Waals surface area contributed by atoms with Crippen LogP contribution in [-0.2, 0) is 6.54 Å². The Hall–Kier alpha value is -2.16. The lowest BCUT2D eigenvalue weighted by Crippen LogP contribution is -2.25. The number of aryl methyl sites for hydroxylation is 1. The number of rotatable bonds is 3. The van der Waals surface area contributed by atoms with E-state index in [0.717, 1.165) is 16.0 Å². The van der Waals surface area contributed by atoms with Gasteiger partial charge in [0, 0.05) is 26.0 Å². The van der Waals surface area contributed by atoms with E-state index in [1.807, 2.05) is 25.1 Å². The number of carbonyl (C=O) groups excluding carboxylic acids is 1. The molecule has 0 atom stereocenters. The highest BCUT2D eigenvalue weighted by molar-refractivity contribution is 7.14. The van der Waals surface area contributed by atoms with Crippen LogP contribution in [0.4, 0.5) is 0 Å². The first-order chi connectivity index (χ1) is 10.1. The summed E-state index contributed by atoms with van der Waals surface area (Å²) >= 11 is 1.41. The summed E-state index contributed by atoms with van der Waals surface area (Å²) in [5.41, 5.74) is 7.45. The zero-order chi connectivity index (χ0) is 15.2. The molecule has 21 heavy (non-hydrogen) atoms. The minimum Gasteiger partial charge on any atom is -0.337 e. The fourth-order valence-electron chi connectivity index (χ4n) is 1.86. The number of pyridine rings is 1. The van der Waals surface area contributed by atoms with Crippen LogP contribution >= 0.6 is 11.3 Å². The number of nitrogens with zero attached hydrogens (tertiary/aromatic N) is 2. The van der Waals surface area contributed by atoms with Crippen molar-refractivity contribution in [3.63, 3.8) is 0 Å². The number of thiophene rings is 1. The molecule has 2 aromatic heterocycles. The minimum absolute atomic E-state index is 0.000658. The van der Waals surface area contributed by atoms with Crippen molar-refractivity contribution >= 4 is 17.2 Å². The van der Waals surface area contributed by atoms with Gasteiger partial charge in [0.25, 0.3) is 5.91 Å². The molecule has 108 valence electrons. The molecule has 2 rings (SSSR count). The van der Waals surface area contributed by atoms with E-state index in [0.29, 0.717) is 18.0 Å². The second kappa shape index (κ2) is 7.02. The maximum Gasteiger partial charge on any atom is 0.264 e. The van der Waals surface area contributed by atoms with Crippen molar-refractivity contribution in [2.24, 2.45) is 5.73 Å². The number of hydrogen-bond donors (Lipinski definition) is 1. The molecule has 0 aromatic carbocycles. The molecule has 0 radical (unpaired) electrons. The molecule has 1 amide bonds. The van der Waals surface area contributed by atoms with Crippen LogP contribution < -0.4 is 5.73 Å². The summed E-state index contributed by atoms with van der Waals surface area (Å²) in [6.07, 6.45) is 3.45. The van der Waals surface area contributed by atoms with Gasteiger partial charge in [0.1, 0.15) is 0 Å². The number of carbonyl (C=O) groups is 1. The summed E-state index contributed by atoms with van der Waals surface area (Å²) in [7, 11) is 1.79. The minimum atomic E-state index is 0.000658. The van der Waals surface area contributed by atoms with Crippen molar-refractivity contribution in [2.45, 2.75) is 13.5 Å². The van der Waals surface area contributed by atoms with Crippen molar-refractivity contribution < 1.29 is 4.79 Å². The smallest absolute Gasteiger partial charge is 0.264 e. The zero-order valence-electron chi connectivity index (χ0n) is 12.1. The van der Waals surface area contributed by atoms with E-state index in [-0.39, 0.29) is 5.91 Å². The molecule has 0 bridgehead atoms. The van der Waals surface area contributed by atoms with Crippen LogP contribution in [0.1, 0.15) is 25.7 Å². The van der Waals surface area contributed by atoms with E-state index in [1.165, 1.54) is 11.3 Å². The largest absolute Gasteiger partial charge is 0.337 e. The predicted molar refractivity (Wildman–Crippen MR) is 85.0 cm³/mol. The molecular weight excluding hydrogens is 282 g/mol.